The van der Waals surface area contributed by atoms with Crippen molar-refractivity contribution in [2.75, 3.05) is 5.73 Å². The van der Waals surface area contributed by atoms with Crippen molar-refractivity contribution < 1.29 is 27.5 Å². The van der Waals surface area contributed by atoms with Gasteiger partial charge in [-0.05, 0) is 0 Å². The quantitative estimate of drug-likeness (QED) is 0.646. The Balaban J connectivity index is 0.000000223. The first-order chi connectivity index (χ1) is 5.84. The minimum atomic E-state index is -5.08. The molecular weight excluding hydrogens is 193 g/mol. The van der Waals surface area contributed by atoms with Gasteiger partial charge in [0, 0.05) is 0 Å². The Hall–Kier alpha value is -1.73. The van der Waals surface area contributed by atoms with E-state index in [1.807, 2.05) is 0 Å². The number of aliphatic carboxylic acids is 1. The van der Waals surface area contributed by atoms with Gasteiger partial charge in [0.2, 0.25) is 5.88 Å². The first kappa shape index (κ1) is 11.3. The third kappa shape index (κ3) is 5.53. The van der Waals surface area contributed by atoms with Crippen LogP contribution >= 0.6 is 0 Å². The number of aromatic nitrogens is 1. The molecule has 0 bridgehead atoms. The summed E-state index contributed by atoms with van der Waals surface area (Å²) in [5, 5.41) is 7.12. The van der Waals surface area contributed by atoms with Crippen molar-refractivity contribution in [3.8, 4) is 0 Å². The topological polar surface area (TPSA) is 89.4 Å². The van der Waals surface area contributed by atoms with Crippen molar-refractivity contribution >= 4 is 11.9 Å². The Morgan fingerprint density at radius 1 is 1.62 bits per heavy atom. The SMILES string of the molecule is Nc1cnco1.O=C(O)C(F)(F)F. The van der Waals surface area contributed by atoms with Crippen LogP contribution in [0.3, 0.4) is 0 Å². The van der Waals surface area contributed by atoms with E-state index in [1.54, 1.807) is 0 Å². The number of alkyl halides is 3. The molecule has 5 nitrogen and oxygen atoms in total. The number of nitrogens with zero attached hydrogens (tertiary/aromatic N) is 1. The third-order valence-electron chi connectivity index (χ3n) is 0.694. The van der Waals surface area contributed by atoms with Crippen molar-refractivity contribution in [3.05, 3.63) is 12.6 Å². The second-order valence-corrected chi connectivity index (χ2v) is 1.71. The lowest BCUT2D eigenvalue weighted by Gasteiger charge is -1.93. The van der Waals surface area contributed by atoms with E-state index < -0.39 is 12.1 Å². The van der Waals surface area contributed by atoms with Crippen LogP contribution in [0.15, 0.2) is 17.0 Å². The Morgan fingerprint density at radius 2 is 2.08 bits per heavy atom. The highest BCUT2D eigenvalue weighted by Gasteiger charge is 2.38. The van der Waals surface area contributed by atoms with Gasteiger partial charge in [0.15, 0.2) is 6.39 Å². The molecule has 0 amide bonds. The van der Waals surface area contributed by atoms with Crippen LogP contribution in [0.25, 0.3) is 0 Å². The highest BCUT2D eigenvalue weighted by Crippen LogP contribution is 2.13. The van der Waals surface area contributed by atoms with Crippen molar-refractivity contribution in [2.45, 2.75) is 6.18 Å². The highest BCUT2D eigenvalue weighted by atomic mass is 19.4. The molecular formula is C5H5F3N2O3. The average molecular weight is 198 g/mol. The maximum absolute atomic E-state index is 10.6. The van der Waals surface area contributed by atoms with Crippen molar-refractivity contribution in [1.29, 1.82) is 0 Å². The summed E-state index contributed by atoms with van der Waals surface area (Å²) in [7, 11) is 0. The van der Waals surface area contributed by atoms with Crippen LogP contribution < -0.4 is 5.73 Å². The van der Waals surface area contributed by atoms with Gasteiger partial charge < -0.3 is 15.3 Å². The molecule has 0 saturated carbocycles. The summed E-state index contributed by atoms with van der Waals surface area (Å²) in [4.78, 5) is 12.4. The van der Waals surface area contributed by atoms with Crippen molar-refractivity contribution in [3.63, 3.8) is 0 Å². The molecule has 74 valence electrons. The number of halogens is 3. The Labute approximate surface area is 70.0 Å². The molecule has 0 spiro atoms. The molecule has 0 atom stereocenters. The fourth-order valence-electron chi connectivity index (χ4n) is 0.226. The van der Waals surface area contributed by atoms with Gasteiger partial charge in [-0.15, -0.1) is 0 Å². The zero-order valence-electron chi connectivity index (χ0n) is 6.08. The van der Waals surface area contributed by atoms with E-state index in [0.717, 1.165) is 0 Å². The van der Waals surface area contributed by atoms with Gasteiger partial charge in [0.25, 0.3) is 0 Å². The largest absolute Gasteiger partial charge is 0.490 e. The zero-order chi connectivity index (χ0) is 10.5. The number of carboxylic acids is 1. The lowest BCUT2D eigenvalue weighted by Crippen LogP contribution is -2.21. The van der Waals surface area contributed by atoms with Crippen molar-refractivity contribution in [2.24, 2.45) is 0 Å². The molecule has 0 aliphatic heterocycles. The van der Waals surface area contributed by atoms with E-state index in [2.05, 4.69) is 9.40 Å². The fraction of sp³-hybridized carbons (Fsp3) is 0.200. The number of hydrogen-bond donors (Lipinski definition) is 2. The molecule has 0 fully saturated rings. The molecule has 0 unspecified atom stereocenters. The number of oxazole rings is 1. The van der Waals surface area contributed by atoms with Gasteiger partial charge in [-0.1, -0.05) is 0 Å². The molecule has 1 aromatic heterocycles. The number of rotatable bonds is 0. The predicted molar refractivity (Wildman–Crippen MR) is 34.6 cm³/mol. The Morgan fingerprint density at radius 3 is 2.15 bits per heavy atom. The summed E-state index contributed by atoms with van der Waals surface area (Å²) < 4.78 is 36.2. The summed E-state index contributed by atoms with van der Waals surface area (Å²) in [5.41, 5.74) is 5.05. The number of carboxylic acid groups (broad SMARTS) is 1. The lowest BCUT2D eigenvalue weighted by molar-refractivity contribution is -0.192. The normalized spacial score (nSPS) is 10.1. The summed E-state index contributed by atoms with van der Waals surface area (Å²) in [6.45, 7) is 0. The average Bonchev–Trinajstić information content (AvgIpc) is 2.38. The first-order valence-corrected chi connectivity index (χ1v) is 2.78. The van der Waals surface area contributed by atoms with Gasteiger partial charge in [-0.3, -0.25) is 0 Å². The molecule has 1 heterocycles. The van der Waals surface area contributed by atoms with Gasteiger partial charge >= 0.3 is 12.1 Å². The second kappa shape index (κ2) is 4.33. The van der Waals surface area contributed by atoms with Gasteiger partial charge in [0.1, 0.15) is 0 Å². The van der Waals surface area contributed by atoms with Crippen LogP contribution in [0.5, 0.6) is 0 Å². The lowest BCUT2D eigenvalue weighted by atomic mass is 10.7. The monoisotopic (exact) mass is 198 g/mol. The van der Waals surface area contributed by atoms with E-state index >= 15 is 0 Å². The maximum Gasteiger partial charge on any atom is 0.490 e. The van der Waals surface area contributed by atoms with Crippen LogP contribution in [0.1, 0.15) is 0 Å². The smallest absolute Gasteiger partial charge is 0.475 e. The first-order valence-electron chi connectivity index (χ1n) is 2.78. The summed E-state index contributed by atoms with van der Waals surface area (Å²) in [5.74, 6) is -2.40. The molecule has 1 aromatic rings. The van der Waals surface area contributed by atoms with Crippen molar-refractivity contribution in [1.82, 2.24) is 4.98 Å². The molecule has 8 heteroatoms. The minimum absolute atomic E-state index is 0.356. The molecule has 13 heavy (non-hydrogen) atoms. The van der Waals surface area contributed by atoms with E-state index in [-0.39, 0.29) is 0 Å². The third-order valence-corrected chi connectivity index (χ3v) is 0.694. The number of carbonyl (C=O) groups is 1. The zero-order valence-corrected chi connectivity index (χ0v) is 6.08. The van der Waals surface area contributed by atoms with Crippen LogP contribution in [0.4, 0.5) is 19.1 Å². The Kier molecular flexibility index (Phi) is 3.76. The number of hydrogen-bond acceptors (Lipinski definition) is 4. The molecule has 0 saturated heterocycles. The molecule has 0 radical (unpaired) electrons. The Bertz CT molecular complexity index is 256. The fourth-order valence-corrected chi connectivity index (χ4v) is 0.226. The summed E-state index contributed by atoms with van der Waals surface area (Å²) in [6.07, 6.45) is -2.35. The molecule has 3 N–H and O–H groups in total. The number of nitrogens with two attached hydrogens (primary N) is 1. The summed E-state index contributed by atoms with van der Waals surface area (Å²) in [6, 6.07) is 0. The van der Waals surface area contributed by atoms with E-state index in [1.165, 1.54) is 12.6 Å². The van der Waals surface area contributed by atoms with Crippen LogP contribution in [0.2, 0.25) is 0 Å². The standard InChI is InChI=1S/C3H4N2O.C2HF3O2/c4-3-1-5-2-6-3;3-2(4,5)1(6)7/h1-2H,4H2;(H,6,7). The van der Waals surface area contributed by atoms with Gasteiger partial charge in [-0.2, -0.15) is 13.2 Å². The number of nitrogen functional groups attached to an aromatic ring is 1. The van der Waals surface area contributed by atoms with Crippen LogP contribution in [0, 0.1) is 0 Å². The molecule has 1 rings (SSSR count). The minimum Gasteiger partial charge on any atom is -0.475 e. The van der Waals surface area contributed by atoms with E-state index in [4.69, 9.17) is 15.6 Å². The van der Waals surface area contributed by atoms with Gasteiger partial charge in [-0.25, -0.2) is 9.78 Å². The maximum atomic E-state index is 10.6. The predicted octanol–water partition coefficient (Wildman–Crippen LogP) is 0.890. The van der Waals surface area contributed by atoms with E-state index in [9.17, 15) is 13.2 Å². The van der Waals surface area contributed by atoms with Gasteiger partial charge in [0.05, 0.1) is 6.20 Å². The highest BCUT2D eigenvalue weighted by molar-refractivity contribution is 5.73. The van der Waals surface area contributed by atoms with Crippen LogP contribution in [-0.2, 0) is 4.79 Å². The number of anilines is 1. The summed E-state index contributed by atoms with van der Waals surface area (Å²) >= 11 is 0. The molecule has 0 aromatic carbocycles. The molecule has 0 aliphatic carbocycles. The van der Waals surface area contributed by atoms with Crippen LogP contribution in [-0.4, -0.2) is 22.2 Å². The van der Waals surface area contributed by atoms with E-state index in [0.29, 0.717) is 5.88 Å². The molecule has 0 aliphatic rings. The second-order valence-electron chi connectivity index (χ2n) is 1.71.